The van der Waals surface area contributed by atoms with Crippen LogP contribution in [-0.2, 0) is 6.54 Å². The molecule has 1 atom stereocenters. The molecule has 0 bridgehead atoms. The summed E-state index contributed by atoms with van der Waals surface area (Å²) in [5, 5.41) is 4.68. The van der Waals surface area contributed by atoms with Crippen molar-refractivity contribution >= 4 is 16.7 Å². The van der Waals surface area contributed by atoms with Crippen molar-refractivity contribution in [3.8, 4) is 0 Å². The van der Waals surface area contributed by atoms with Gasteiger partial charge in [-0.3, -0.25) is 0 Å². The number of para-hydroxylation sites is 1. The van der Waals surface area contributed by atoms with Gasteiger partial charge in [-0.15, -0.1) is 0 Å². The first-order chi connectivity index (χ1) is 10.2. The van der Waals surface area contributed by atoms with Crippen LogP contribution in [0.2, 0.25) is 0 Å². The Balaban J connectivity index is 2.35. The van der Waals surface area contributed by atoms with Crippen molar-refractivity contribution < 1.29 is 0 Å². The van der Waals surface area contributed by atoms with Crippen molar-refractivity contribution in [1.29, 1.82) is 0 Å². The molecule has 1 heterocycles. The summed E-state index contributed by atoms with van der Waals surface area (Å²) in [6.07, 6.45) is 1.20. The van der Waals surface area contributed by atoms with Crippen LogP contribution in [0.1, 0.15) is 32.8 Å². The highest BCUT2D eigenvalue weighted by Crippen LogP contribution is 2.23. The molecule has 1 N–H and O–H groups in total. The highest BCUT2D eigenvalue weighted by atomic mass is 15.2. The molecule has 2 rings (SSSR count). The monoisotopic (exact) mass is 285 g/mol. The van der Waals surface area contributed by atoms with E-state index in [1.165, 1.54) is 17.4 Å². The fourth-order valence-corrected chi connectivity index (χ4v) is 2.52. The van der Waals surface area contributed by atoms with E-state index in [9.17, 15) is 0 Å². The standard InChI is InChI=1S/C18H27N3/c1-5-14(3)13-21(4)18-11-15(12-19-6-2)16-9-7-8-10-17(16)20-18/h7-11,14,19H,5-6,12-13H2,1-4H3. The van der Waals surface area contributed by atoms with Crippen LogP contribution < -0.4 is 10.2 Å². The number of aromatic nitrogens is 1. The van der Waals surface area contributed by atoms with Gasteiger partial charge in [0.2, 0.25) is 0 Å². The lowest BCUT2D eigenvalue weighted by molar-refractivity contribution is 0.558. The van der Waals surface area contributed by atoms with Crippen molar-refractivity contribution in [2.45, 2.75) is 33.7 Å². The maximum atomic E-state index is 4.83. The molecule has 0 spiro atoms. The third-order valence-corrected chi connectivity index (χ3v) is 4.03. The Kier molecular flexibility index (Phi) is 5.57. The van der Waals surface area contributed by atoms with Gasteiger partial charge in [0.15, 0.2) is 0 Å². The highest BCUT2D eigenvalue weighted by molar-refractivity contribution is 5.84. The van der Waals surface area contributed by atoms with Crippen molar-refractivity contribution in [3.05, 3.63) is 35.9 Å². The van der Waals surface area contributed by atoms with E-state index < -0.39 is 0 Å². The van der Waals surface area contributed by atoms with Crippen LogP contribution in [-0.4, -0.2) is 25.1 Å². The van der Waals surface area contributed by atoms with E-state index in [0.717, 1.165) is 31.0 Å². The zero-order valence-corrected chi connectivity index (χ0v) is 13.7. The number of rotatable bonds is 7. The fraction of sp³-hybridized carbons (Fsp3) is 0.500. The Hall–Kier alpha value is -1.61. The quantitative estimate of drug-likeness (QED) is 0.838. The second kappa shape index (κ2) is 7.41. The molecule has 0 aliphatic heterocycles. The number of fused-ring (bicyclic) bond motifs is 1. The van der Waals surface area contributed by atoms with Gasteiger partial charge in [0, 0.05) is 25.5 Å². The number of hydrogen-bond acceptors (Lipinski definition) is 3. The van der Waals surface area contributed by atoms with Crippen LogP contribution in [0, 0.1) is 5.92 Å². The summed E-state index contributed by atoms with van der Waals surface area (Å²) < 4.78 is 0. The predicted molar refractivity (Wildman–Crippen MR) is 91.8 cm³/mol. The summed E-state index contributed by atoms with van der Waals surface area (Å²) in [4.78, 5) is 7.10. The molecular weight excluding hydrogens is 258 g/mol. The summed E-state index contributed by atoms with van der Waals surface area (Å²) >= 11 is 0. The van der Waals surface area contributed by atoms with E-state index in [2.05, 4.69) is 68.4 Å². The number of nitrogens with zero attached hydrogens (tertiary/aromatic N) is 2. The van der Waals surface area contributed by atoms with Gasteiger partial charge in [0.05, 0.1) is 5.52 Å². The van der Waals surface area contributed by atoms with Gasteiger partial charge in [-0.25, -0.2) is 4.98 Å². The molecule has 0 saturated heterocycles. The molecule has 0 aliphatic carbocycles. The van der Waals surface area contributed by atoms with Gasteiger partial charge in [0.1, 0.15) is 5.82 Å². The van der Waals surface area contributed by atoms with Gasteiger partial charge in [-0.2, -0.15) is 0 Å². The molecule has 1 aromatic heterocycles. The third-order valence-electron chi connectivity index (χ3n) is 4.03. The SMILES string of the molecule is CCNCc1cc(N(C)CC(C)CC)nc2ccccc12. The molecule has 21 heavy (non-hydrogen) atoms. The average Bonchev–Trinajstić information content (AvgIpc) is 2.52. The van der Waals surface area contributed by atoms with E-state index in [0.29, 0.717) is 5.92 Å². The molecular formula is C18H27N3. The minimum absolute atomic E-state index is 0.681. The lowest BCUT2D eigenvalue weighted by Crippen LogP contribution is -2.25. The molecule has 1 unspecified atom stereocenters. The molecule has 0 amide bonds. The third kappa shape index (κ3) is 3.94. The lowest BCUT2D eigenvalue weighted by Gasteiger charge is -2.23. The van der Waals surface area contributed by atoms with Crippen LogP contribution in [0.5, 0.6) is 0 Å². The number of hydrogen-bond donors (Lipinski definition) is 1. The molecule has 2 aromatic rings. The second-order valence-electron chi connectivity index (χ2n) is 5.83. The lowest BCUT2D eigenvalue weighted by atomic mass is 10.1. The van der Waals surface area contributed by atoms with Crippen molar-refractivity contribution in [2.75, 3.05) is 25.0 Å². The first-order valence-corrected chi connectivity index (χ1v) is 7.96. The smallest absolute Gasteiger partial charge is 0.129 e. The second-order valence-corrected chi connectivity index (χ2v) is 5.83. The number of pyridine rings is 1. The Labute approximate surface area is 128 Å². The Morgan fingerprint density at radius 3 is 2.71 bits per heavy atom. The van der Waals surface area contributed by atoms with Gasteiger partial charge in [-0.1, -0.05) is 45.4 Å². The Morgan fingerprint density at radius 1 is 1.24 bits per heavy atom. The molecule has 114 valence electrons. The van der Waals surface area contributed by atoms with E-state index in [1.807, 2.05) is 0 Å². The van der Waals surface area contributed by atoms with Gasteiger partial charge in [0.25, 0.3) is 0 Å². The summed E-state index contributed by atoms with van der Waals surface area (Å²) in [6, 6.07) is 10.6. The van der Waals surface area contributed by atoms with Crippen LogP contribution in [0.4, 0.5) is 5.82 Å². The van der Waals surface area contributed by atoms with Crippen molar-refractivity contribution in [3.63, 3.8) is 0 Å². The topological polar surface area (TPSA) is 28.2 Å². The number of benzene rings is 1. The zero-order valence-electron chi connectivity index (χ0n) is 13.7. The van der Waals surface area contributed by atoms with Crippen LogP contribution in [0.15, 0.2) is 30.3 Å². The van der Waals surface area contributed by atoms with Crippen LogP contribution in [0.25, 0.3) is 10.9 Å². The number of anilines is 1. The summed E-state index contributed by atoms with van der Waals surface area (Å²) in [5.74, 6) is 1.75. The van der Waals surface area contributed by atoms with Crippen LogP contribution >= 0.6 is 0 Å². The van der Waals surface area contributed by atoms with E-state index in [1.54, 1.807) is 0 Å². The number of nitrogens with one attached hydrogen (secondary N) is 1. The fourth-order valence-electron chi connectivity index (χ4n) is 2.52. The Bertz CT molecular complexity index is 580. The van der Waals surface area contributed by atoms with Gasteiger partial charge >= 0.3 is 0 Å². The van der Waals surface area contributed by atoms with Crippen LogP contribution in [0.3, 0.4) is 0 Å². The molecule has 0 aliphatic rings. The molecule has 3 nitrogen and oxygen atoms in total. The molecule has 0 fully saturated rings. The normalized spacial score (nSPS) is 12.6. The largest absolute Gasteiger partial charge is 0.359 e. The molecule has 3 heteroatoms. The zero-order chi connectivity index (χ0) is 15.2. The van der Waals surface area contributed by atoms with E-state index >= 15 is 0 Å². The maximum absolute atomic E-state index is 4.83. The minimum Gasteiger partial charge on any atom is -0.359 e. The molecule has 0 radical (unpaired) electrons. The first kappa shape index (κ1) is 15.8. The van der Waals surface area contributed by atoms with Gasteiger partial charge < -0.3 is 10.2 Å². The Morgan fingerprint density at radius 2 is 2.00 bits per heavy atom. The first-order valence-electron chi connectivity index (χ1n) is 7.96. The average molecular weight is 285 g/mol. The molecule has 0 saturated carbocycles. The van der Waals surface area contributed by atoms with E-state index in [4.69, 9.17) is 4.98 Å². The summed E-state index contributed by atoms with van der Waals surface area (Å²) in [6.45, 7) is 9.58. The van der Waals surface area contributed by atoms with E-state index in [-0.39, 0.29) is 0 Å². The van der Waals surface area contributed by atoms with Gasteiger partial charge in [-0.05, 0) is 30.2 Å². The maximum Gasteiger partial charge on any atom is 0.129 e. The predicted octanol–water partition coefficient (Wildman–Crippen LogP) is 3.83. The summed E-state index contributed by atoms with van der Waals surface area (Å²) in [5.41, 5.74) is 2.41. The summed E-state index contributed by atoms with van der Waals surface area (Å²) in [7, 11) is 2.14. The molecule has 1 aromatic carbocycles. The highest BCUT2D eigenvalue weighted by Gasteiger charge is 2.10. The minimum atomic E-state index is 0.681. The van der Waals surface area contributed by atoms with Crippen molar-refractivity contribution in [1.82, 2.24) is 10.3 Å². The van der Waals surface area contributed by atoms with Crippen molar-refractivity contribution in [2.24, 2.45) is 5.92 Å².